The zero-order valence-corrected chi connectivity index (χ0v) is 15.3. The molecule has 0 spiro atoms. The molecular formula is C16H18N6S2. The highest BCUT2D eigenvalue weighted by Gasteiger charge is 2.23. The fraction of sp³-hybridized carbons (Fsp3) is 0.375. The molecule has 0 aliphatic carbocycles. The molecule has 3 heterocycles. The normalized spacial score (nSPS) is 14.5. The fourth-order valence-electron chi connectivity index (χ4n) is 2.77. The Bertz CT molecular complexity index is 833. The molecule has 0 N–H and O–H groups in total. The van der Waals surface area contributed by atoms with Crippen LogP contribution in [-0.4, -0.2) is 37.2 Å². The van der Waals surface area contributed by atoms with Crippen LogP contribution < -0.4 is 4.90 Å². The van der Waals surface area contributed by atoms with Crippen molar-refractivity contribution in [2.45, 2.75) is 36.2 Å². The van der Waals surface area contributed by atoms with Crippen molar-refractivity contribution in [3.05, 3.63) is 35.7 Å². The maximum atomic E-state index is 4.47. The largest absolute Gasteiger partial charge is 0.341 e. The van der Waals surface area contributed by atoms with Crippen molar-refractivity contribution in [1.29, 1.82) is 0 Å². The molecule has 0 amide bonds. The Morgan fingerprint density at radius 3 is 2.46 bits per heavy atom. The summed E-state index contributed by atoms with van der Waals surface area (Å²) in [5.41, 5.74) is 2.32. The molecule has 1 aliphatic heterocycles. The van der Waals surface area contributed by atoms with Gasteiger partial charge in [-0.3, -0.25) is 4.57 Å². The van der Waals surface area contributed by atoms with Crippen LogP contribution in [0.25, 0.3) is 5.69 Å². The lowest BCUT2D eigenvalue weighted by molar-refractivity contribution is 0.840. The van der Waals surface area contributed by atoms with Crippen molar-refractivity contribution in [3.8, 4) is 5.69 Å². The third kappa shape index (κ3) is 3.03. The van der Waals surface area contributed by atoms with Gasteiger partial charge in [0.05, 0.1) is 5.69 Å². The molecule has 24 heavy (non-hydrogen) atoms. The Balaban J connectivity index is 1.76. The van der Waals surface area contributed by atoms with Gasteiger partial charge in [-0.1, -0.05) is 17.7 Å². The van der Waals surface area contributed by atoms with Gasteiger partial charge in [0.25, 0.3) is 0 Å². The number of rotatable bonds is 4. The van der Waals surface area contributed by atoms with E-state index in [0.717, 1.165) is 40.0 Å². The molecule has 2 aromatic heterocycles. The maximum absolute atomic E-state index is 4.47. The average Bonchev–Trinajstić information content (AvgIpc) is 3.30. The molecule has 4 rings (SSSR count). The van der Waals surface area contributed by atoms with Crippen LogP contribution in [0.5, 0.6) is 0 Å². The van der Waals surface area contributed by atoms with Gasteiger partial charge in [-0.2, -0.15) is 4.37 Å². The Morgan fingerprint density at radius 1 is 1.04 bits per heavy atom. The number of aryl methyl sites for hydroxylation is 2. The molecule has 0 bridgehead atoms. The van der Waals surface area contributed by atoms with E-state index in [1.54, 1.807) is 0 Å². The Labute approximate surface area is 149 Å². The van der Waals surface area contributed by atoms with Gasteiger partial charge >= 0.3 is 0 Å². The second-order valence-corrected chi connectivity index (χ2v) is 7.82. The summed E-state index contributed by atoms with van der Waals surface area (Å²) in [6.45, 7) is 6.07. The van der Waals surface area contributed by atoms with Crippen LogP contribution in [0.1, 0.15) is 24.2 Å². The molecule has 0 unspecified atom stereocenters. The van der Waals surface area contributed by atoms with E-state index in [4.69, 9.17) is 0 Å². The lowest BCUT2D eigenvalue weighted by atomic mass is 10.2. The van der Waals surface area contributed by atoms with Crippen molar-refractivity contribution >= 4 is 29.2 Å². The summed E-state index contributed by atoms with van der Waals surface area (Å²) in [5.74, 6) is 1.71. The minimum atomic E-state index is 0.795. The van der Waals surface area contributed by atoms with E-state index in [-0.39, 0.29) is 0 Å². The quantitative estimate of drug-likeness (QED) is 0.711. The average molecular weight is 358 g/mol. The van der Waals surface area contributed by atoms with Gasteiger partial charge in [0.15, 0.2) is 4.34 Å². The third-order valence-corrected chi connectivity index (χ3v) is 5.77. The highest BCUT2D eigenvalue weighted by molar-refractivity contribution is 8.00. The molecule has 8 heteroatoms. The van der Waals surface area contributed by atoms with Gasteiger partial charge in [0.2, 0.25) is 11.1 Å². The van der Waals surface area contributed by atoms with E-state index in [0.29, 0.717) is 0 Å². The van der Waals surface area contributed by atoms with Crippen LogP contribution in [0.4, 0.5) is 5.95 Å². The molecular weight excluding hydrogens is 340 g/mol. The Hall–Kier alpha value is -1.93. The highest BCUT2D eigenvalue weighted by Crippen LogP contribution is 2.33. The Kier molecular flexibility index (Phi) is 4.24. The lowest BCUT2D eigenvalue weighted by Gasteiger charge is -2.18. The summed E-state index contributed by atoms with van der Waals surface area (Å²) in [5, 5.41) is 9.74. The van der Waals surface area contributed by atoms with Crippen LogP contribution in [-0.2, 0) is 0 Å². The molecule has 3 aromatic rings. The first-order valence-corrected chi connectivity index (χ1v) is 9.55. The zero-order chi connectivity index (χ0) is 16.5. The van der Waals surface area contributed by atoms with Gasteiger partial charge < -0.3 is 4.90 Å². The third-order valence-electron chi connectivity index (χ3n) is 3.98. The molecule has 1 aliphatic rings. The molecule has 1 aromatic carbocycles. The van der Waals surface area contributed by atoms with E-state index in [9.17, 15) is 0 Å². The second-order valence-electron chi connectivity index (χ2n) is 5.86. The lowest BCUT2D eigenvalue weighted by Crippen LogP contribution is -2.22. The minimum Gasteiger partial charge on any atom is -0.341 e. The van der Waals surface area contributed by atoms with Gasteiger partial charge in [-0.05, 0) is 62.1 Å². The summed E-state index contributed by atoms with van der Waals surface area (Å²) >= 11 is 2.92. The van der Waals surface area contributed by atoms with Crippen LogP contribution in [0.3, 0.4) is 0 Å². The van der Waals surface area contributed by atoms with Crippen molar-refractivity contribution in [2.24, 2.45) is 0 Å². The number of hydrogen-bond donors (Lipinski definition) is 0. The first-order chi connectivity index (χ1) is 11.7. The first kappa shape index (κ1) is 15.6. The summed E-state index contributed by atoms with van der Waals surface area (Å²) in [6.07, 6.45) is 2.41. The number of hydrogen-bond acceptors (Lipinski definition) is 7. The van der Waals surface area contributed by atoms with E-state index >= 15 is 0 Å². The number of anilines is 1. The zero-order valence-electron chi connectivity index (χ0n) is 13.6. The van der Waals surface area contributed by atoms with Crippen LogP contribution in [0, 0.1) is 13.8 Å². The van der Waals surface area contributed by atoms with Gasteiger partial charge in [0.1, 0.15) is 5.82 Å². The highest BCUT2D eigenvalue weighted by atomic mass is 32.2. The predicted molar refractivity (Wildman–Crippen MR) is 96.3 cm³/mol. The molecule has 6 nitrogen and oxygen atoms in total. The Morgan fingerprint density at radius 2 is 1.79 bits per heavy atom. The van der Waals surface area contributed by atoms with Crippen LogP contribution in [0.2, 0.25) is 0 Å². The van der Waals surface area contributed by atoms with Crippen molar-refractivity contribution < 1.29 is 0 Å². The number of benzene rings is 1. The molecule has 0 atom stereocenters. The number of aromatic nitrogens is 5. The summed E-state index contributed by atoms with van der Waals surface area (Å²) in [4.78, 5) is 6.75. The SMILES string of the molecule is Cc1ccc(-n2c(Sc3nc(C)ns3)nnc2N2CCCC2)cc1. The van der Waals surface area contributed by atoms with Crippen molar-refractivity contribution in [3.63, 3.8) is 0 Å². The van der Waals surface area contributed by atoms with E-state index < -0.39 is 0 Å². The topological polar surface area (TPSA) is 59.7 Å². The number of nitrogens with zero attached hydrogens (tertiary/aromatic N) is 6. The van der Waals surface area contributed by atoms with Gasteiger partial charge in [-0.15, -0.1) is 10.2 Å². The van der Waals surface area contributed by atoms with Crippen molar-refractivity contribution in [2.75, 3.05) is 18.0 Å². The maximum Gasteiger partial charge on any atom is 0.232 e. The molecule has 124 valence electrons. The van der Waals surface area contributed by atoms with Crippen LogP contribution >= 0.6 is 23.3 Å². The van der Waals surface area contributed by atoms with Crippen LogP contribution in [0.15, 0.2) is 33.8 Å². The minimum absolute atomic E-state index is 0.795. The molecule has 0 saturated carbocycles. The van der Waals surface area contributed by atoms with E-state index in [1.807, 2.05) is 6.92 Å². The predicted octanol–water partition coefficient (Wildman–Crippen LogP) is 3.49. The molecule has 1 saturated heterocycles. The standard InChI is InChI=1S/C16H18N6S2/c1-11-5-7-13(8-6-11)22-14(21-9-3-4-10-21)18-19-15(22)23-16-17-12(2)20-24-16/h5-8H,3-4,9-10H2,1-2H3. The second kappa shape index (κ2) is 6.52. The summed E-state index contributed by atoms with van der Waals surface area (Å²) < 4.78 is 7.27. The first-order valence-electron chi connectivity index (χ1n) is 7.96. The van der Waals surface area contributed by atoms with Gasteiger partial charge in [0, 0.05) is 13.1 Å². The monoisotopic (exact) mass is 358 g/mol. The van der Waals surface area contributed by atoms with E-state index in [2.05, 4.69) is 60.2 Å². The van der Waals surface area contributed by atoms with Crippen molar-refractivity contribution in [1.82, 2.24) is 24.1 Å². The van der Waals surface area contributed by atoms with E-state index in [1.165, 1.54) is 41.7 Å². The fourth-order valence-corrected chi connectivity index (χ4v) is 4.37. The molecule has 0 radical (unpaired) electrons. The summed E-state index contributed by atoms with van der Waals surface area (Å²) in [6, 6.07) is 8.47. The summed E-state index contributed by atoms with van der Waals surface area (Å²) in [7, 11) is 0. The molecule has 1 fully saturated rings. The smallest absolute Gasteiger partial charge is 0.232 e. The van der Waals surface area contributed by atoms with Gasteiger partial charge in [-0.25, -0.2) is 4.98 Å².